The van der Waals surface area contributed by atoms with Gasteiger partial charge in [-0.15, -0.1) is 0 Å². The van der Waals surface area contributed by atoms with E-state index >= 15 is 0 Å². The summed E-state index contributed by atoms with van der Waals surface area (Å²) in [5.41, 5.74) is 0.109. The molecule has 2 heterocycles. The first kappa shape index (κ1) is 18.7. The fourth-order valence-electron chi connectivity index (χ4n) is 6.03. The Morgan fingerprint density at radius 1 is 1.20 bits per heavy atom. The van der Waals surface area contributed by atoms with Crippen molar-refractivity contribution in [3.63, 3.8) is 0 Å². The number of carbonyl (C=O) groups excluding carboxylic acids is 2. The number of rotatable bonds is 6. The van der Waals surface area contributed by atoms with Gasteiger partial charge < -0.3 is 10.2 Å². The quantitative estimate of drug-likeness (QED) is 0.788. The zero-order valence-corrected chi connectivity index (χ0v) is 16.2. The molecule has 0 aromatic carbocycles. The Morgan fingerprint density at radius 2 is 2.04 bits per heavy atom. The third kappa shape index (κ3) is 3.59. The molecule has 3 rings (SSSR count). The molecule has 4 atom stereocenters. The number of carbonyl (C=O) groups is 2. The van der Waals surface area contributed by atoms with Crippen molar-refractivity contribution in [1.29, 1.82) is 0 Å². The lowest BCUT2D eigenvalue weighted by molar-refractivity contribution is -0.139. The molecule has 2 amide bonds. The van der Waals surface area contributed by atoms with Crippen LogP contribution in [-0.2, 0) is 9.59 Å². The predicted molar refractivity (Wildman–Crippen MR) is 100 cm³/mol. The van der Waals surface area contributed by atoms with Crippen LogP contribution in [0.5, 0.6) is 0 Å². The third-order valence-electron chi connectivity index (χ3n) is 7.07. The van der Waals surface area contributed by atoms with Crippen molar-refractivity contribution in [2.24, 2.45) is 11.8 Å². The highest BCUT2D eigenvalue weighted by Crippen LogP contribution is 2.52. The molecule has 3 fully saturated rings. The molecule has 1 N–H and O–H groups in total. The first-order chi connectivity index (χ1) is 12.1. The zero-order valence-electron chi connectivity index (χ0n) is 16.2. The predicted octanol–water partition coefficient (Wildman–Crippen LogP) is 4.03. The lowest BCUT2D eigenvalue weighted by Gasteiger charge is -2.53. The second-order valence-electron chi connectivity index (χ2n) is 8.52. The van der Waals surface area contributed by atoms with Crippen molar-refractivity contribution < 1.29 is 9.59 Å². The summed E-state index contributed by atoms with van der Waals surface area (Å²) in [6.07, 6.45) is 12.4. The Bertz CT molecular complexity index is 492. The van der Waals surface area contributed by atoms with Crippen LogP contribution in [-0.4, -0.2) is 34.8 Å². The Hall–Kier alpha value is -1.06. The normalized spacial score (nSPS) is 35.0. The first-order valence-corrected chi connectivity index (χ1v) is 10.7. The van der Waals surface area contributed by atoms with E-state index in [-0.39, 0.29) is 11.4 Å². The minimum Gasteiger partial charge on any atom is -0.353 e. The molecule has 3 aliphatic rings. The summed E-state index contributed by atoms with van der Waals surface area (Å²) in [4.78, 5) is 27.3. The van der Waals surface area contributed by atoms with Gasteiger partial charge in [0.15, 0.2) is 0 Å². The standard InChI is InChI=1S/C21H36N2O2/c1-3-5-10-19(24)22-18-12-14-21-13-7-15-23(21)20(25)11-6-9-17(21)16(18)8-4-2/h16-18H,3-15H2,1-2H3,(H,22,24)/t16-,17+,18+,21-/m1/s1. The molecule has 0 aromatic heterocycles. The summed E-state index contributed by atoms with van der Waals surface area (Å²) in [6.45, 7) is 5.35. The molecular weight excluding hydrogens is 312 g/mol. The number of nitrogens with zero attached hydrogens (tertiary/aromatic N) is 1. The Balaban J connectivity index is 1.79. The molecule has 1 aliphatic carbocycles. The van der Waals surface area contributed by atoms with Gasteiger partial charge in [-0.3, -0.25) is 9.59 Å². The lowest BCUT2D eigenvalue weighted by Crippen LogP contribution is -2.60. The summed E-state index contributed by atoms with van der Waals surface area (Å²) in [6, 6.07) is 0.315. The van der Waals surface area contributed by atoms with Crippen LogP contribution in [0.25, 0.3) is 0 Å². The number of unbranched alkanes of at least 4 members (excludes halogenated alkanes) is 1. The van der Waals surface area contributed by atoms with E-state index in [1.165, 1.54) is 12.8 Å². The van der Waals surface area contributed by atoms with Gasteiger partial charge in [-0.2, -0.15) is 0 Å². The summed E-state index contributed by atoms with van der Waals surface area (Å²) in [7, 11) is 0. The van der Waals surface area contributed by atoms with Gasteiger partial charge in [-0.05, 0) is 63.2 Å². The molecule has 1 saturated carbocycles. The molecule has 1 spiro atoms. The molecule has 4 heteroatoms. The van der Waals surface area contributed by atoms with E-state index in [4.69, 9.17) is 0 Å². The van der Waals surface area contributed by atoms with E-state index in [2.05, 4.69) is 24.1 Å². The average Bonchev–Trinajstić information content (AvgIpc) is 2.97. The molecular formula is C21H36N2O2. The summed E-state index contributed by atoms with van der Waals surface area (Å²) in [5.74, 6) is 1.74. The summed E-state index contributed by atoms with van der Waals surface area (Å²) in [5, 5.41) is 3.39. The molecule has 0 radical (unpaired) electrons. The third-order valence-corrected chi connectivity index (χ3v) is 7.07. The number of hydrogen-bond acceptors (Lipinski definition) is 2. The number of hydrogen-bond donors (Lipinski definition) is 1. The largest absolute Gasteiger partial charge is 0.353 e. The Morgan fingerprint density at radius 3 is 2.80 bits per heavy atom. The zero-order chi connectivity index (χ0) is 17.9. The minimum atomic E-state index is 0.109. The average molecular weight is 349 g/mol. The van der Waals surface area contributed by atoms with Gasteiger partial charge in [0.05, 0.1) is 0 Å². The topological polar surface area (TPSA) is 49.4 Å². The maximum atomic E-state index is 12.6. The van der Waals surface area contributed by atoms with Gasteiger partial charge in [0.25, 0.3) is 0 Å². The maximum absolute atomic E-state index is 12.6. The van der Waals surface area contributed by atoms with Crippen LogP contribution in [0.15, 0.2) is 0 Å². The minimum absolute atomic E-state index is 0.109. The SMILES string of the molecule is CCCCC(=O)N[C@H]1CC[C@@]23CCCN2C(=O)CCC[C@H]3[C@H]1CCC. The van der Waals surface area contributed by atoms with E-state index in [0.717, 1.165) is 64.3 Å². The monoisotopic (exact) mass is 348 g/mol. The van der Waals surface area contributed by atoms with Gasteiger partial charge in [0, 0.05) is 31.0 Å². The van der Waals surface area contributed by atoms with Gasteiger partial charge in [-0.1, -0.05) is 26.7 Å². The second kappa shape index (κ2) is 8.09. The van der Waals surface area contributed by atoms with Gasteiger partial charge in [0.2, 0.25) is 11.8 Å². The molecule has 2 aliphatic heterocycles. The lowest BCUT2D eigenvalue weighted by atomic mass is 9.61. The van der Waals surface area contributed by atoms with E-state index in [1.807, 2.05) is 0 Å². The van der Waals surface area contributed by atoms with Crippen molar-refractivity contribution in [2.45, 2.75) is 102 Å². The second-order valence-corrected chi connectivity index (χ2v) is 8.52. The molecule has 0 aromatic rings. The molecule has 142 valence electrons. The van der Waals surface area contributed by atoms with Crippen LogP contribution in [0, 0.1) is 11.8 Å². The van der Waals surface area contributed by atoms with E-state index in [1.54, 1.807) is 0 Å². The Kier molecular flexibility index (Phi) is 6.06. The molecule has 0 bridgehead atoms. The van der Waals surface area contributed by atoms with Crippen LogP contribution in [0.4, 0.5) is 0 Å². The molecule has 25 heavy (non-hydrogen) atoms. The van der Waals surface area contributed by atoms with Gasteiger partial charge in [-0.25, -0.2) is 0 Å². The molecule has 4 nitrogen and oxygen atoms in total. The highest BCUT2D eigenvalue weighted by atomic mass is 16.2. The van der Waals surface area contributed by atoms with Crippen molar-refractivity contribution in [3.8, 4) is 0 Å². The smallest absolute Gasteiger partial charge is 0.223 e. The van der Waals surface area contributed by atoms with Crippen molar-refractivity contribution >= 4 is 11.8 Å². The number of nitrogens with one attached hydrogen (secondary N) is 1. The van der Waals surface area contributed by atoms with E-state index in [9.17, 15) is 9.59 Å². The fraction of sp³-hybridized carbons (Fsp3) is 0.905. The van der Waals surface area contributed by atoms with E-state index < -0.39 is 0 Å². The van der Waals surface area contributed by atoms with Crippen LogP contribution >= 0.6 is 0 Å². The van der Waals surface area contributed by atoms with Crippen molar-refractivity contribution in [2.75, 3.05) is 6.54 Å². The van der Waals surface area contributed by atoms with Crippen molar-refractivity contribution in [3.05, 3.63) is 0 Å². The Labute approximate surface area is 153 Å². The summed E-state index contributed by atoms with van der Waals surface area (Å²) >= 11 is 0. The fourth-order valence-corrected chi connectivity index (χ4v) is 6.03. The van der Waals surface area contributed by atoms with Crippen LogP contribution in [0.2, 0.25) is 0 Å². The highest BCUT2D eigenvalue weighted by molar-refractivity contribution is 5.78. The highest BCUT2D eigenvalue weighted by Gasteiger charge is 2.55. The number of amides is 2. The van der Waals surface area contributed by atoms with Gasteiger partial charge >= 0.3 is 0 Å². The molecule has 2 saturated heterocycles. The first-order valence-electron chi connectivity index (χ1n) is 10.7. The molecule has 0 unspecified atom stereocenters. The van der Waals surface area contributed by atoms with Gasteiger partial charge in [0.1, 0.15) is 0 Å². The van der Waals surface area contributed by atoms with E-state index in [0.29, 0.717) is 30.2 Å². The maximum Gasteiger partial charge on any atom is 0.223 e. The van der Waals surface area contributed by atoms with Crippen LogP contribution in [0.3, 0.4) is 0 Å². The van der Waals surface area contributed by atoms with Crippen LogP contribution < -0.4 is 5.32 Å². The van der Waals surface area contributed by atoms with Crippen LogP contribution in [0.1, 0.15) is 90.9 Å². The van der Waals surface area contributed by atoms with Crippen molar-refractivity contribution in [1.82, 2.24) is 10.2 Å². The summed E-state index contributed by atoms with van der Waals surface area (Å²) < 4.78 is 0.